The van der Waals surface area contributed by atoms with Crippen molar-refractivity contribution in [2.75, 3.05) is 5.32 Å². The highest BCUT2D eigenvalue weighted by atomic mass is 16.2. The number of benzene rings is 1. The molecule has 0 radical (unpaired) electrons. The number of hydrogen-bond acceptors (Lipinski definition) is 3. The maximum absolute atomic E-state index is 12.9. The molecule has 1 heterocycles. The van der Waals surface area contributed by atoms with Crippen molar-refractivity contribution in [3.63, 3.8) is 0 Å². The molecule has 26 heavy (non-hydrogen) atoms. The summed E-state index contributed by atoms with van der Waals surface area (Å²) in [6.07, 6.45) is 6.09. The van der Waals surface area contributed by atoms with Gasteiger partial charge in [0, 0.05) is 5.69 Å². The SMILES string of the molecule is Cc1ccc(NC(=O)[C@H](C)N2C(=O)[C@@H]3[C@@H](C2=O)[C@H]2C=C[C@H]3CC2)c(C)c1. The normalized spacial score (nSPS) is 30.5. The molecule has 2 fully saturated rings. The number of anilines is 1. The van der Waals surface area contributed by atoms with Gasteiger partial charge in [-0.15, -0.1) is 0 Å². The van der Waals surface area contributed by atoms with Crippen molar-refractivity contribution in [1.29, 1.82) is 0 Å². The lowest BCUT2D eigenvalue weighted by Crippen LogP contribution is -2.46. The van der Waals surface area contributed by atoms with Crippen LogP contribution in [0.2, 0.25) is 0 Å². The Labute approximate surface area is 153 Å². The Kier molecular flexibility index (Phi) is 3.98. The fourth-order valence-electron chi connectivity index (χ4n) is 4.79. The third kappa shape index (κ3) is 2.49. The van der Waals surface area contributed by atoms with Crippen LogP contribution in [-0.2, 0) is 14.4 Å². The Hall–Kier alpha value is -2.43. The van der Waals surface area contributed by atoms with Crippen molar-refractivity contribution in [3.05, 3.63) is 41.5 Å². The summed E-state index contributed by atoms with van der Waals surface area (Å²) in [6.45, 7) is 5.56. The van der Waals surface area contributed by atoms with Gasteiger partial charge in [-0.3, -0.25) is 19.3 Å². The molecule has 1 aliphatic heterocycles. The maximum Gasteiger partial charge on any atom is 0.247 e. The molecule has 0 unspecified atom stereocenters. The molecule has 5 rings (SSSR count). The van der Waals surface area contributed by atoms with E-state index in [0.717, 1.165) is 24.0 Å². The van der Waals surface area contributed by atoms with Crippen molar-refractivity contribution < 1.29 is 14.4 Å². The minimum absolute atomic E-state index is 0.140. The van der Waals surface area contributed by atoms with Gasteiger partial charge in [-0.05, 0) is 57.1 Å². The summed E-state index contributed by atoms with van der Waals surface area (Å²) in [4.78, 5) is 39.8. The zero-order valence-corrected chi connectivity index (χ0v) is 15.4. The molecule has 0 aromatic heterocycles. The average molecular weight is 352 g/mol. The number of aryl methyl sites for hydroxylation is 2. The van der Waals surface area contributed by atoms with E-state index >= 15 is 0 Å². The number of fused-ring (bicyclic) bond motifs is 1. The quantitative estimate of drug-likeness (QED) is 0.672. The first-order chi connectivity index (χ1) is 12.4. The Bertz CT molecular complexity index is 797. The van der Waals surface area contributed by atoms with E-state index in [-0.39, 0.29) is 41.4 Å². The first-order valence-electron chi connectivity index (χ1n) is 9.32. The van der Waals surface area contributed by atoms with Gasteiger partial charge < -0.3 is 5.32 Å². The highest BCUT2D eigenvalue weighted by molar-refractivity contribution is 6.10. The van der Waals surface area contributed by atoms with E-state index < -0.39 is 6.04 Å². The van der Waals surface area contributed by atoms with Crippen LogP contribution in [-0.4, -0.2) is 28.7 Å². The van der Waals surface area contributed by atoms with Crippen molar-refractivity contribution in [1.82, 2.24) is 4.90 Å². The molecule has 1 aromatic carbocycles. The highest BCUT2D eigenvalue weighted by Gasteiger charge is 2.58. The molecule has 3 amide bonds. The summed E-state index contributed by atoms with van der Waals surface area (Å²) < 4.78 is 0. The number of carbonyl (C=O) groups excluding carboxylic acids is 3. The molecule has 2 bridgehead atoms. The Morgan fingerprint density at radius 3 is 2.15 bits per heavy atom. The third-order valence-electron chi connectivity index (χ3n) is 6.20. The van der Waals surface area contributed by atoms with Gasteiger partial charge in [-0.1, -0.05) is 29.8 Å². The number of likely N-dealkylation sites (tertiary alicyclic amines) is 1. The minimum atomic E-state index is -0.805. The fourth-order valence-corrected chi connectivity index (χ4v) is 4.79. The second-order valence-electron chi connectivity index (χ2n) is 7.87. The van der Waals surface area contributed by atoms with Crippen LogP contribution in [0.3, 0.4) is 0 Å². The average Bonchev–Trinajstić information content (AvgIpc) is 2.91. The van der Waals surface area contributed by atoms with Crippen LogP contribution in [0, 0.1) is 37.5 Å². The van der Waals surface area contributed by atoms with Crippen LogP contribution in [0.5, 0.6) is 0 Å². The topological polar surface area (TPSA) is 66.5 Å². The fraction of sp³-hybridized carbons (Fsp3) is 0.476. The second-order valence-corrected chi connectivity index (χ2v) is 7.87. The zero-order chi connectivity index (χ0) is 18.6. The van der Waals surface area contributed by atoms with Gasteiger partial charge in [-0.2, -0.15) is 0 Å². The van der Waals surface area contributed by atoms with Gasteiger partial charge >= 0.3 is 0 Å². The van der Waals surface area contributed by atoms with E-state index in [0.29, 0.717) is 5.69 Å². The molecule has 1 saturated heterocycles. The Balaban J connectivity index is 1.54. The largest absolute Gasteiger partial charge is 0.324 e. The van der Waals surface area contributed by atoms with E-state index in [2.05, 4.69) is 17.5 Å². The smallest absolute Gasteiger partial charge is 0.247 e. The lowest BCUT2D eigenvalue weighted by Gasteiger charge is -2.38. The molecule has 4 aliphatic rings. The van der Waals surface area contributed by atoms with E-state index in [9.17, 15) is 14.4 Å². The number of amides is 3. The number of rotatable bonds is 3. The Morgan fingerprint density at radius 1 is 1.08 bits per heavy atom. The molecule has 0 spiro atoms. The van der Waals surface area contributed by atoms with Gasteiger partial charge in [0.2, 0.25) is 17.7 Å². The summed E-state index contributed by atoms with van der Waals surface area (Å²) in [5, 5.41) is 2.87. The first-order valence-corrected chi connectivity index (χ1v) is 9.32. The third-order valence-corrected chi connectivity index (χ3v) is 6.20. The van der Waals surface area contributed by atoms with E-state index in [1.54, 1.807) is 6.92 Å². The standard InChI is InChI=1S/C21H24N2O3/c1-11-4-9-16(12(2)10-11)22-19(24)13(3)23-20(25)17-14-5-6-15(8-7-14)18(17)21(23)26/h4-6,9-10,13-15,17-18H,7-8H2,1-3H3,(H,22,24)/t13-,14-,15-,17-,18-/m0/s1. The van der Waals surface area contributed by atoms with Gasteiger partial charge in [0.05, 0.1) is 11.8 Å². The van der Waals surface area contributed by atoms with E-state index in [1.807, 2.05) is 32.0 Å². The van der Waals surface area contributed by atoms with Crippen molar-refractivity contribution in [2.24, 2.45) is 23.7 Å². The van der Waals surface area contributed by atoms with Crippen LogP contribution in [0.4, 0.5) is 5.69 Å². The number of allylic oxidation sites excluding steroid dienone is 2. The zero-order valence-electron chi connectivity index (χ0n) is 15.4. The number of nitrogens with zero attached hydrogens (tertiary/aromatic N) is 1. The molecule has 5 heteroatoms. The summed E-state index contributed by atoms with van der Waals surface area (Å²) >= 11 is 0. The van der Waals surface area contributed by atoms with Gasteiger partial charge in [-0.25, -0.2) is 0 Å². The highest BCUT2D eigenvalue weighted by Crippen LogP contribution is 2.49. The molecule has 5 nitrogen and oxygen atoms in total. The lowest BCUT2D eigenvalue weighted by molar-refractivity contribution is -0.146. The maximum atomic E-state index is 12.9. The van der Waals surface area contributed by atoms with Gasteiger partial charge in [0.1, 0.15) is 6.04 Å². The minimum Gasteiger partial charge on any atom is -0.324 e. The number of imide groups is 1. The molecule has 136 valence electrons. The van der Waals surface area contributed by atoms with Crippen LogP contribution in [0.15, 0.2) is 30.4 Å². The van der Waals surface area contributed by atoms with Crippen LogP contribution >= 0.6 is 0 Å². The summed E-state index contributed by atoms with van der Waals surface area (Å²) in [5.74, 6) is -0.949. The van der Waals surface area contributed by atoms with Gasteiger partial charge in [0.15, 0.2) is 0 Å². The van der Waals surface area contributed by atoms with Crippen molar-refractivity contribution >= 4 is 23.4 Å². The summed E-state index contributed by atoms with van der Waals surface area (Å²) in [6, 6.07) is 4.97. The predicted octanol–water partition coefficient (Wildman–Crippen LogP) is 2.83. The molecule has 1 N–H and O–H groups in total. The van der Waals surface area contributed by atoms with E-state index in [4.69, 9.17) is 0 Å². The van der Waals surface area contributed by atoms with Crippen LogP contribution < -0.4 is 5.32 Å². The van der Waals surface area contributed by atoms with Crippen LogP contribution in [0.1, 0.15) is 30.9 Å². The predicted molar refractivity (Wildman–Crippen MR) is 98.2 cm³/mol. The molecule has 3 aliphatic carbocycles. The first kappa shape index (κ1) is 17.0. The molecule has 1 saturated carbocycles. The van der Waals surface area contributed by atoms with Gasteiger partial charge in [0.25, 0.3) is 0 Å². The Morgan fingerprint density at radius 2 is 1.65 bits per heavy atom. The molecule has 1 aromatic rings. The number of nitrogens with one attached hydrogen (secondary N) is 1. The lowest BCUT2D eigenvalue weighted by atomic mass is 9.63. The number of carbonyl (C=O) groups is 3. The van der Waals surface area contributed by atoms with E-state index in [1.165, 1.54) is 4.90 Å². The second kappa shape index (κ2) is 6.08. The number of hydrogen-bond donors (Lipinski definition) is 1. The molecular weight excluding hydrogens is 328 g/mol. The monoisotopic (exact) mass is 352 g/mol. The summed E-state index contributed by atoms with van der Waals surface area (Å²) in [7, 11) is 0. The summed E-state index contributed by atoms with van der Waals surface area (Å²) in [5.41, 5.74) is 2.79. The molecular formula is C21H24N2O3. The van der Waals surface area contributed by atoms with Crippen LogP contribution in [0.25, 0.3) is 0 Å². The molecule has 5 atom stereocenters. The van der Waals surface area contributed by atoms with Crippen molar-refractivity contribution in [3.8, 4) is 0 Å². The van der Waals surface area contributed by atoms with Crippen molar-refractivity contribution in [2.45, 2.75) is 39.7 Å².